The minimum absolute atomic E-state index is 0.146. The third-order valence-corrected chi connectivity index (χ3v) is 4.18. The number of rotatable bonds is 4. The molecule has 0 bridgehead atoms. The number of ether oxygens (including phenoxy) is 1. The Balaban J connectivity index is 1.60. The Morgan fingerprint density at radius 2 is 1.92 bits per heavy atom. The lowest BCUT2D eigenvalue weighted by molar-refractivity contribution is -0.149. The fourth-order valence-corrected chi connectivity index (χ4v) is 2.84. The van der Waals surface area contributed by atoms with Crippen LogP contribution < -0.4 is 0 Å². The highest BCUT2D eigenvalue weighted by molar-refractivity contribution is 5.94. The van der Waals surface area contributed by atoms with Crippen LogP contribution in [0.4, 0.5) is 13.2 Å². The van der Waals surface area contributed by atoms with E-state index < -0.39 is 23.8 Å². The van der Waals surface area contributed by atoms with E-state index in [1.165, 1.54) is 29.4 Å². The zero-order chi connectivity index (χ0) is 18.7. The van der Waals surface area contributed by atoms with Gasteiger partial charge in [-0.15, -0.1) is 0 Å². The van der Waals surface area contributed by atoms with E-state index in [-0.39, 0.29) is 18.3 Å². The van der Waals surface area contributed by atoms with Crippen LogP contribution in [0.15, 0.2) is 47.1 Å². The number of furan rings is 1. The molecule has 1 saturated heterocycles. The Hall–Kier alpha value is -2.77. The molecule has 1 aromatic heterocycles. The van der Waals surface area contributed by atoms with Crippen LogP contribution in [0.2, 0.25) is 0 Å². The zero-order valence-corrected chi connectivity index (χ0v) is 13.7. The fourth-order valence-electron chi connectivity index (χ4n) is 2.84. The number of carbonyl (C=O) groups is 2. The van der Waals surface area contributed by atoms with E-state index in [4.69, 9.17) is 9.15 Å². The van der Waals surface area contributed by atoms with Crippen molar-refractivity contribution in [2.45, 2.75) is 31.7 Å². The molecule has 2 heterocycles. The van der Waals surface area contributed by atoms with Gasteiger partial charge in [0.15, 0.2) is 5.76 Å². The smallest absolute Gasteiger partial charge is 0.416 e. The molecule has 1 amide bonds. The number of benzene rings is 1. The first-order valence-corrected chi connectivity index (χ1v) is 8.03. The molecule has 3 rings (SSSR count). The minimum Gasteiger partial charge on any atom is -0.459 e. The first-order chi connectivity index (χ1) is 12.4. The Morgan fingerprint density at radius 1 is 1.19 bits per heavy atom. The molecule has 0 N–H and O–H groups in total. The molecule has 0 aliphatic carbocycles. The molecule has 5 nitrogen and oxygen atoms in total. The van der Waals surface area contributed by atoms with Crippen molar-refractivity contribution in [1.82, 2.24) is 4.90 Å². The van der Waals surface area contributed by atoms with Crippen molar-refractivity contribution in [2.24, 2.45) is 0 Å². The van der Waals surface area contributed by atoms with Gasteiger partial charge in [0.25, 0.3) is 5.91 Å². The molecular formula is C18H16F3NO4. The van der Waals surface area contributed by atoms with E-state index >= 15 is 0 Å². The van der Waals surface area contributed by atoms with Gasteiger partial charge in [-0.2, -0.15) is 13.2 Å². The van der Waals surface area contributed by atoms with Gasteiger partial charge < -0.3 is 14.1 Å². The average Bonchev–Trinajstić information content (AvgIpc) is 3.30. The summed E-state index contributed by atoms with van der Waals surface area (Å²) in [5.74, 6) is -0.821. The largest absolute Gasteiger partial charge is 0.459 e. The number of nitrogens with zero attached hydrogens (tertiary/aromatic N) is 1. The Bertz CT molecular complexity index is 769. The van der Waals surface area contributed by atoms with Gasteiger partial charge in [0.2, 0.25) is 0 Å². The van der Waals surface area contributed by atoms with Crippen molar-refractivity contribution >= 4 is 11.9 Å². The number of hydrogen-bond donors (Lipinski definition) is 0. The summed E-state index contributed by atoms with van der Waals surface area (Å²) in [6, 6.07) is 6.78. The van der Waals surface area contributed by atoms with E-state index in [1.807, 2.05) is 0 Å². The third-order valence-electron chi connectivity index (χ3n) is 4.18. The summed E-state index contributed by atoms with van der Waals surface area (Å²) in [5.41, 5.74) is -0.327. The van der Waals surface area contributed by atoms with Crippen LogP contribution in [0.5, 0.6) is 0 Å². The fraction of sp³-hybridized carbons (Fsp3) is 0.333. The first-order valence-electron chi connectivity index (χ1n) is 8.03. The summed E-state index contributed by atoms with van der Waals surface area (Å²) in [7, 11) is 0. The maximum absolute atomic E-state index is 12.5. The van der Waals surface area contributed by atoms with Gasteiger partial charge in [-0.3, -0.25) is 4.79 Å². The highest BCUT2D eigenvalue weighted by Crippen LogP contribution is 2.29. The molecule has 1 aliphatic heterocycles. The van der Waals surface area contributed by atoms with Crippen LogP contribution in [0.3, 0.4) is 0 Å². The van der Waals surface area contributed by atoms with Gasteiger partial charge >= 0.3 is 12.1 Å². The summed E-state index contributed by atoms with van der Waals surface area (Å²) in [6.45, 7) is 0.260. The standard InChI is InChI=1S/C18H16F3NO4/c19-18(20,21)13-7-5-12(6-8-13)11-26-17(24)14-3-1-9-22(14)16(23)15-4-2-10-25-15/h2,4-8,10,14H,1,3,9,11H2/t14-/m0/s1. The van der Waals surface area contributed by atoms with Gasteiger partial charge in [0, 0.05) is 6.54 Å². The number of carbonyl (C=O) groups excluding carboxylic acids is 2. The summed E-state index contributed by atoms with van der Waals surface area (Å²) in [6.07, 6.45) is -1.90. The summed E-state index contributed by atoms with van der Waals surface area (Å²) < 4.78 is 47.9. The molecule has 0 spiro atoms. The van der Waals surface area contributed by atoms with Crippen molar-refractivity contribution in [2.75, 3.05) is 6.54 Å². The molecule has 0 saturated carbocycles. The third kappa shape index (κ3) is 3.89. The molecule has 8 heteroatoms. The predicted molar refractivity (Wildman–Crippen MR) is 84.0 cm³/mol. The van der Waals surface area contributed by atoms with Gasteiger partial charge in [0.05, 0.1) is 11.8 Å². The summed E-state index contributed by atoms with van der Waals surface area (Å²) in [4.78, 5) is 26.0. The van der Waals surface area contributed by atoms with Crippen molar-refractivity contribution in [1.29, 1.82) is 0 Å². The summed E-state index contributed by atoms with van der Waals surface area (Å²) >= 11 is 0. The van der Waals surface area contributed by atoms with E-state index in [0.29, 0.717) is 24.9 Å². The van der Waals surface area contributed by atoms with Crippen LogP contribution in [0.1, 0.15) is 34.5 Å². The second kappa shape index (κ2) is 7.23. The lowest BCUT2D eigenvalue weighted by atomic mass is 10.1. The molecule has 0 unspecified atom stereocenters. The van der Waals surface area contributed by atoms with Crippen LogP contribution in [0, 0.1) is 0 Å². The molecule has 1 fully saturated rings. The summed E-state index contributed by atoms with van der Waals surface area (Å²) in [5, 5.41) is 0. The number of amides is 1. The maximum atomic E-state index is 12.5. The lowest BCUT2D eigenvalue weighted by Crippen LogP contribution is -2.41. The minimum atomic E-state index is -4.41. The van der Waals surface area contributed by atoms with E-state index in [0.717, 1.165) is 12.1 Å². The van der Waals surface area contributed by atoms with Crippen molar-refractivity contribution in [3.63, 3.8) is 0 Å². The molecule has 0 radical (unpaired) electrons. The van der Waals surface area contributed by atoms with Gasteiger partial charge in [-0.05, 0) is 42.7 Å². The highest BCUT2D eigenvalue weighted by Gasteiger charge is 2.36. The number of likely N-dealkylation sites (tertiary alicyclic amines) is 1. The molecule has 138 valence electrons. The number of halogens is 3. The zero-order valence-electron chi connectivity index (χ0n) is 13.7. The molecule has 1 aliphatic rings. The van der Waals surface area contributed by atoms with Crippen LogP contribution >= 0.6 is 0 Å². The average molecular weight is 367 g/mol. The second-order valence-corrected chi connectivity index (χ2v) is 5.94. The molecule has 26 heavy (non-hydrogen) atoms. The molecule has 1 aromatic carbocycles. The van der Waals surface area contributed by atoms with E-state index in [1.54, 1.807) is 6.07 Å². The number of hydrogen-bond acceptors (Lipinski definition) is 4. The van der Waals surface area contributed by atoms with Gasteiger partial charge in [0.1, 0.15) is 12.6 Å². The second-order valence-electron chi connectivity index (χ2n) is 5.94. The Labute approximate surface area is 147 Å². The van der Waals surface area contributed by atoms with Gasteiger partial charge in [-0.25, -0.2) is 4.79 Å². The topological polar surface area (TPSA) is 59.8 Å². The number of alkyl halides is 3. The van der Waals surface area contributed by atoms with Crippen LogP contribution in [0.25, 0.3) is 0 Å². The first kappa shape index (κ1) is 18.0. The number of esters is 1. The van der Waals surface area contributed by atoms with Crippen LogP contribution in [-0.2, 0) is 22.3 Å². The Kier molecular flexibility index (Phi) is 5.01. The maximum Gasteiger partial charge on any atom is 0.416 e. The van der Waals surface area contributed by atoms with Crippen molar-refractivity contribution in [3.8, 4) is 0 Å². The quantitative estimate of drug-likeness (QED) is 0.774. The normalized spacial score (nSPS) is 17.3. The monoisotopic (exact) mass is 367 g/mol. The van der Waals surface area contributed by atoms with Crippen molar-refractivity contribution in [3.05, 3.63) is 59.5 Å². The Morgan fingerprint density at radius 3 is 2.54 bits per heavy atom. The molecule has 1 atom stereocenters. The predicted octanol–water partition coefficient (Wildman–Crippen LogP) is 3.65. The molecule has 2 aromatic rings. The van der Waals surface area contributed by atoms with Crippen molar-refractivity contribution < 1.29 is 31.9 Å². The van der Waals surface area contributed by atoms with E-state index in [2.05, 4.69) is 0 Å². The SMILES string of the molecule is O=C(OCc1ccc(C(F)(F)F)cc1)[C@@H]1CCCN1C(=O)c1ccco1. The molecular weight excluding hydrogens is 351 g/mol. The highest BCUT2D eigenvalue weighted by atomic mass is 19.4. The van der Waals surface area contributed by atoms with Gasteiger partial charge in [-0.1, -0.05) is 12.1 Å². The van der Waals surface area contributed by atoms with Crippen LogP contribution in [-0.4, -0.2) is 29.4 Å². The lowest BCUT2D eigenvalue weighted by Gasteiger charge is -2.22. The van der Waals surface area contributed by atoms with E-state index in [9.17, 15) is 22.8 Å².